The van der Waals surface area contributed by atoms with Gasteiger partial charge in [0.2, 0.25) is 0 Å². The second-order valence-electron chi connectivity index (χ2n) is 7.61. The van der Waals surface area contributed by atoms with Crippen LogP contribution in [-0.2, 0) is 19.1 Å². The number of esters is 2. The van der Waals surface area contributed by atoms with Gasteiger partial charge >= 0.3 is 11.9 Å². The molecule has 2 aromatic rings. The maximum Gasteiger partial charge on any atom is 0.337 e. The predicted molar refractivity (Wildman–Crippen MR) is 121 cm³/mol. The van der Waals surface area contributed by atoms with E-state index in [9.17, 15) is 9.59 Å². The molecule has 4 rings (SSSR count). The van der Waals surface area contributed by atoms with Crippen LogP contribution in [0.1, 0.15) is 43.1 Å². The Bertz CT molecular complexity index is 1060. The molecule has 2 aromatic carbocycles. The Morgan fingerprint density at radius 3 is 2.65 bits per heavy atom. The van der Waals surface area contributed by atoms with Crippen molar-refractivity contribution in [3.05, 3.63) is 77.0 Å². The lowest BCUT2D eigenvalue weighted by Gasteiger charge is -2.30. The van der Waals surface area contributed by atoms with Crippen LogP contribution in [0.5, 0.6) is 0 Å². The number of rotatable bonds is 6. The zero-order valence-corrected chi connectivity index (χ0v) is 18.6. The molecule has 2 aliphatic heterocycles. The van der Waals surface area contributed by atoms with Gasteiger partial charge in [-0.2, -0.15) is 0 Å². The molecule has 5 nitrogen and oxygen atoms in total. The summed E-state index contributed by atoms with van der Waals surface area (Å²) in [7, 11) is 0. The third-order valence-electron chi connectivity index (χ3n) is 5.64. The van der Waals surface area contributed by atoms with Crippen LogP contribution >= 0.6 is 11.8 Å². The average Bonchev–Trinajstić information content (AvgIpc) is 3.14. The molecule has 0 radical (unpaired) electrons. The summed E-state index contributed by atoms with van der Waals surface area (Å²) in [6.07, 6.45) is 0. The van der Waals surface area contributed by atoms with E-state index in [2.05, 4.69) is 24.0 Å². The standard InChI is InChI=1S/C25H25NO4S/c1-4-29-24(27)21-15(2)26-19-14-30-25(28)23(19)22(21)18-12-8-9-13-20(18)31-16(3)17-10-6-5-7-11-17/h5-13,16,21-22H,4,14H2,1-3H3. The minimum absolute atomic E-state index is 0.146. The lowest BCUT2D eigenvalue weighted by atomic mass is 9.76. The zero-order chi connectivity index (χ0) is 22.0. The van der Waals surface area contributed by atoms with Crippen LogP contribution in [0.2, 0.25) is 0 Å². The van der Waals surface area contributed by atoms with Crippen molar-refractivity contribution in [2.75, 3.05) is 13.2 Å². The molecule has 0 saturated heterocycles. The van der Waals surface area contributed by atoms with E-state index in [1.165, 1.54) is 5.56 Å². The first-order valence-corrected chi connectivity index (χ1v) is 11.3. The normalized spacial score (nSPS) is 21.3. The quantitative estimate of drug-likeness (QED) is 0.467. The molecule has 0 aliphatic carbocycles. The van der Waals surface area contributed by atoms with Gasteiger partial charge in [0.15, 0.2) is 0 Å². The molecular formula is C25H25NO4S. The number of hydrogen-bond acceptors (Lipinski definition) is 6. The molecular weight excluding hydrogens is 410 g/mol. The molecule has 2 heterocycles. The van der Waals surface area contributed by atoms with Crippen molar-refractivity contribution in [2.24, 2.45) is 10.9 Å². The molecule has 2 aliphatic rings. The molecule has 0 aromatic heterocycles. The molecule has 0 fully saturated rings. The Balaban J connectivity index is 1.78. The number of benzene rings is 2. The van der Waals surface area contributed by atoms with Crippen LogP contribution in [0.25, 0.3) is 0 Å². The van der Waals surface area contributed by atoms with Crippen LogP contribution in [-0.4, -0.2) is 30.9 Å². The van der Waals surface area contributed by atoms with Crippen LogP contribution in [0.3, 0.4) is 0 Å². The number of thioether (sulfide) groups is 1. The lowest BCUT2D eigenvalue weighted by molar-refractivity contribution is -0.146. The monoisotopic (exact) mass is 435 g/mol. The fourth-order valence-corrected chi connectivity index (χ4v) is 5.36. The highest BCUT2D eigenvalue weighted by Crippen LogP contribution is 2.47. The molecule has 0 N–H and O–H groups in total. The average molecular weight is 436 g/mol. The van der Waals surface area contributed by atoms with Gasteiger partial charge in [-0.1, -0.05) is 48.5 Å². The summed E-state index contributed by atoms with van der Waals surface area (Å²) in [6.45, 7) is 6.17. The van der Waals surface area contributed by atoms with Crippen molar-refractivity contribution >= 4 is 29.4 Å². The number of cyclic esters (lactones) is 1. The van der Waals surface area contributed by atoms with Crippen molar-refractivity contribution in [3.8, 4) is 0 Å². The van der Waals surface area contributed by atoms with E-state index >= 15 is 0 Å². The number of aliphatic imine (C=N–C) groups is 1. The van der Waals surface area contributed by atoms with Gasteiger partial charge in [-0.25, -0.2) is 4.79 Å². The van der Waals surface area contributed by atoms with Gasteiger partial charge < -0.3 is 9.47 Å². The van der Waals surface area contributed by atoms with E-state index < -0.39 is 17.8 Å². The second-order valence-corrected chi connectivity index (χ2v) is 8.99. The highest BCUT2D eigenvalue weighted by atomic mass is 32.2. The van der Waals surface area contributed by atoms with E-state index in [-0.39, 0.29) is 24.4 Å². The van der Waals surface area contributed by atoms with Gasteiger partial charge in [-0.3, -0.25) is 9.79 Å². The molecule has 31 heavy (non-hydrogen) atoms. The molecule has 0 amide bonds. The second kappa shape index (κ2) is 9.10. The van der Waals surface area contributed by atoms with Gasteiger partial charge in [0, 0.05) is 21.8 Å². The van der Waals surface area contributed by atoms with E-state index in [1.807, 2.05) is 49.4 Å². The molecule has 160 valence electrons. The van der Waals surface area contributed by atoms with Gasteiger partial charge in [0.25, 0.3) is 0 Å². The Hall–Kier alpha value is -2.86. The first kappa shape index (κ1) is 21.4. The van der Waals surface area contributed by atoms with Crippen molar-refractivity contribution in [3.63, 3.8) is 0 Å². The number of ether oxygens (including phenoxy) is 2. The van der Waals surface area contributed by atoms with Crippen LogP contribution in [0.4, 0.5) is 0 Å². The van der Waals surface area contributed by atoms with E-state index in [0.717, 1.165) is 10.5 Å². The number of carbonyl (C=O) groups is 2. The van der Waals surface area contributed by atoms with Gasteiger partial charge in [-0.05, 0) is 38.0 Å². The summed E-state index contributed by atoms with van der Waals surface area (Å²) in [5.74, 6) is -1.90. The topological polar surface area (TPSA) is 65.0 Å². The Morgan fingerprint density at radius 1 is 1.19 bits per heavy atom. The van der Waals surface area contributed by atoms with Gasteiger partial charge in [0.05, 0.1) is 17.9 Å². The van der Waals surface area contributed by atoms with Crippen LogP contribution in [0.15, 0.2) is 75.8 Å². The lowest BCUT2D eigenvalue weighted by Crippen LogP contribution is -2.35. The van der Waals surface area contributed by atoms with E-state index in [0.29, 0.717) is 17.0 Å². The molecule has 6 heteroatoms. The van der Waals surface area contributed by atoms with Crippen molar-refractivity contribution in [1.82, 2.24) is 0 Å². The van der Waals surface area contributed by atoms with Crippen molar-refractivity contribution in [1.29, 1.82) is 0 Å². The summed E-state index contributed by atoms with van der Waals surface area (Å²) >= 11 is 1.71. The van der Waals surface area contributed by atoms with E-state index in [1.54, 1.807) is 18.7 Å². The fourth-order valence-electron chi connectivity index (χ4n) is 4.20. The summed E-state index contributed by atoms with van der Waals surface area (Å²) in [6, 6.07) is 18.2. The maximum absolute atomic E-state index is 13.0. The Kier molecular flexibility index (Phi) is 6.28. The first-order valence-electron chi connectivity index (χ1n) is 10.4. The van der Waals surface area contributed by atoms with Gasteiger partial charge in [-0.15, -0.1) is 11.8 Å². The van der Waals surface area contributed by atoms with Crippen molar-refractivity contribution < 1.29 is 19.1 Å². The Morgan fingerprint density at radius 2 is 1.90 bits per heavy atom. The zero-order valence-electron chi connectivity index (χ0n) is 17.8. The third-order valence-corrected chi connectivity index (χ3v) is 6.90. The molecule has 3 unspecified atom stereocenters. The summed E-state index contributed by atoms with van der Waals surface area (Å²) in [5, 5.41) is 0.200. The SMILES string of the molecule is CCOC(=O)C1C(C)=NC2=C(C(=O)OC2)C1c1ccccc1SC(C)c1ccccc1. The summed E-state index contributed by atoms with van der Waals surface area (Å²) in [4.78, 5) is 31.2. The third kappa shape index (κ3) is 4.17. The van der Waals surface area contributed by atoms with Crippen LogP contribution < -0.4 is 0 Å². The highest BCUT2D eigenvalue weighted by molar-refractivity contribution is 7.99. The van der Waals surface area contributed by atoms with E-state index in [4.69, 9.17) is 9.47 Å². The molecule has 0 bridgehead atoms. The number of hydrogen-bond donors (Lipinski definition) is 0. The summed E-state index contributed by atoms with van der Waals surface area (Å²) in [5.41, 5.74) is 3.88. The van der Waals surface area contributed by atoms with Crippen LogP contribution in [0, 0.1) is 5.92 Å². The Labute approximate surface area is 186 Å². The minimum Gasteiger partial charge on any atom is -0.465 e. The summed E-state index contributed by atoms with van der Waals surface area (Å²) < 4.78 is 10.7. The minimum atomic E-state index is -0.655. The largest absolute Gasteiger partial charge is 0.465 e. The number of carbonyl (C=O) groups excluding carboxylic acids is 2. The maximum atomic E-state index is 13.0. The van der Waals surface area contributed by atoms with Gasteiger partial charge in [0.1, 0.15) is 12.5 Å². The first-order chi connectivity index (χ1) is 15.0. The highest BCUT2D eigenvalue weighted by Gasteiger charge is 2.46. The molecule has 0 saturated carbocycles. The molecule has 0 spiro atoms. The number of nitrogens with zero attached hydrogens (tertiary/aromatic N) is 1. The molecule has 3 atom stereocenters. The smallest absolute Gasteiger partial charge is 0.337 e. The fraction of sp³-hybridized carbons (Fsp3) is 0.320. The predicted octanol–water partition coefficient (Wildman–Crippen LogP) is 5.09. The van der Waals surface area contributed by atoms with Crippen molar-refractivity contribution in [2.45, 2.75) is 36.8 Å².